The summed E-state index contributed by atoms with van der Waals surface area (Å²) in [5.41, 5.74) is 2.70. The SMILES string of the molecule is CN1CC[C@@H](Nc2ccc(/C=C3/c4ccc(F)cc4OCc4c(F)cccc43)cc2[N+](=O)[O-])[C@H](O)C1. The molecule has 3 aromatic rings. The van der Waals surface area contributed by atoms with Crippen LogP contribution in [0.3, 0.4) is 0 Å². The van der Waals surface area contributed by atoms with E-state index in [9.17, 15) is 24.0 Å². The van der Waals surface area contributed by atoms with Crippen LogP contribution in [0.15, 0.2) is 54.6 Å². The number of β-amino-alcohol motifs (C(OH)–C–C–N with tert-alkyl or cyclic N) is 1. The number of nitro benzene ring substituents is 1. The Morgan fingerprint density at radius 2 is 2.00 bits per heavy atom. The smallest absolute Gasteiger partial charge is 0.292 e. The predicted molar refractivity (Wildman–Crippen MR) is 133 cm³/mol. The molecule has 186 valence electrons. The van der Waals surface area contributed by atoms with E-state index < -0.39 is 22.7 Å². The zero-order chi connectivity index (χ0) is 25.4. The van der Waals surface area contributed by atoms with Crippen molar-refractivity contribution in [2.75, 3.05) is 25.5 Å². The number of aliphatic hydroxyl groups excluding tert-OH is 1. The molecule has 2 heterocycles. The van der Waals surface area contributed by atoms with E-state index >= 15 is 0 Å². The molecular formula is C27H25F2N3O4. The Bertz CT molecular complexity index is 1360. The van der Waals surface area contributed by atoms with Crippen LogP contribution in [0.4, 0.5) is 20.2 Å². The minimum absolute atomic E-state index is 0.0717. The third-order valence-corrected chi connectivity index (χ3v) is 6.67. The van der Waals surface area contributed by atoms with Gasteiger partial charge in [-0.05, 0) is 67.1 Å². The van der Waals surface area contributed by atoms with Crippen LogP contribution in [0.2, 0.25) is 0 Å². The standard InChI is InChI=1S/C27H25F2N3O4/c1-31-10-9-24(26(33)14-31)30-23-8-5-16(12-25(23)32(34)35)11-20-18-3-2-4-22(29)21(18)15-36-27-13-17(28)6-7-19(20)27/h2-8,11-13,24,26,30,33H,9-10,14-15H2,1H3/b20-11+/t24-,26-/m1/s1. The first-order chi connectivity index (χ1) is 17.3. The minimum Gasteiger partial charge on any atom is -0.488 e. The molecule has 7 nitrogen and oxygen atoms in total. The Labute approximate surface area is 206 Å². The summed E-state index contributed by atoms with van der Waals surface area (Å²) in [6.45, 7) is 1.18. The average Bonchev–Trinajstić information content (AvgIpc) is 2.99. The molecule has 1 fully saturated rings. The van der Waals surface area contributed by atoms with Gasteiger partial charge in [-0.3, -0.25) is 10.1 Å². The van der Waals surface area contributed by atoms with Crippen molar-refractivity contribution in [2.45, 2.75) is 25.2 Å². The quantitative estimate of drug-likeness (QED) is 0.400. The Balaban J connectivity index is 1.58. The van der Waals surface area contributed by atoms with Crippen LogP contribution in [0, 0.1) is 21.7 Å². The summed E-state index contributed by atoms with van der Waals surface area (Å²) in [5.74, 6) is -0.670. The molecular weight excluding hydrogens is 468 g/mol. The van der Waals surface area contributed by atoms with Crippen molar-refractivity contribution in [1.29, 1.82) is 0 Å². The summed E-state index contributed by atoms with van der Waals surface area (Å²) in [4.78, 5) is 13.5. The lowest BCUT2D eigenvalue weighted by molar-refractivity contribution is -0.384. The first-order valence-corrected chi connectivity index (χ1v) is 11.6. The van der Waals surface area contributed by atoms with Crippen LogP contribution in [-0.2, 0) is 6.61 Å². The summed E-state index contributed by atoms with van der Waals surface area (Å²) < 4.78 is 34.3. The molecule has 1 saturated heterocycles. The van der Waals surface area contributed by atoms with Crippen molar-refractivity contribution in [3.63, 3.8) is 0 Å². The number of likely N-dealkylation sites (tertiary alicyclic amines) is 1. The number of nitro groups is 1. The van der Waals surface area contributed by atoms with Gasteiger partial charge in [0.25, 0.3) is 5.69 Å². The fourth-order valence-electron chi connectivity index (χ4n) is 4.78. The van der Waals surface area contributed by atoms with E-state index in [1.807, 2.05) is 11.9 Å². The van der Waals surface area contributed by atoms with Crippen LogP contribution in [-0.4, -0.2) is 47.2 Å². The molecule has 2 aliphatic rings. The highest BCUT2D eigenvalue weighted by Crippen LogP contribution is 2.39. The Morgan fingerprint density at radius 3 is 2.78 bits per heavy atom. The van der Waals surface area contributed by atoms with E-state index in [1.54, 1.807) is 36.4 Å². The molecule has 0 amide bonds. The third-order valence-electron chi connectivity index (χ3n) is 6.67. The van der Waals surface area contributed by atoms with Crippen molar-refractivity contribution >= 4 is 23.0 Å². The number of benzene rings is 3. The highest BCUT2D eigenvalue weighted by Gasteiger charge is 2.28. The van der Waals surface area contributed by atoms with Gasteiger partial charge >= 0.3 is 0 Å². The normalized spacial score (nSPS) is 20.7. The number of likely N-dealkylation sites (N-methyl/N-ethyl adjacent to an activating group) is 1. The molecule has 0 aliphatic carbocycles. The number of hydrogen-bond donors (Lipinski definition) is 2. The van der Waals surface area contributed by atoms with Crippen LogP contribution in [0.25, 0.3) is 11.6 Å². The number of fused-ring (bicyclic) bond motifs is 2. The number of aliphatic hydroxyl groups is 1. The molecule has 0 spiro atoms. The maximum atomic E-state index is 14.7. The van der Waals surface area contributed by atoms with Gasteiger partial charge in [0.15, 0.2) is 0 Å². The summed E-state index contributed by atoms with van der Waals surface area (Å²) in [7, 11) is 1.92. The van der Waals surface area contributed by atoms with Crippen LogP contribution in [0.5, 0.6) is 5.75 Å². The maximum Gasteiger partial charge on any atom is 0.292 e. The van der Waals surface area contributed by atoms with E-state index in [-0.39, 0.29) is 24.1 Å². The predicted octanol–water partition coefficient (Wildman–Crippen LogP) is 4.83. The number of nitrogens with zero attached hydrogens (tertiary/aromatic N) is 2. The number of piperidine rings is 1. The van der Waals surface area contributed by atoms with Crippen LogP contribution < -0.4 is 10.1 Å². The first kappa shape index (κ1) is 23.9. The molecule has 0 saturated carbocycles. The van der Waals surface area contributed by atoms with Crippen LogP contribution >= 0.6 is 0 Å². The van der Waals surface area contributed by atoms with Gasteiger partial charge in [-0.1, -0.05) is 18.2 Å². The Kier molecular flexibility index (Phi) is 6.42. The lowest BCUT2D eigenvalue weighted by atomic mass is 9.92. The highest BCUT2D eigenvalue weighted by atomic mass is 19.1. The molecule has 0 unspecified atom stereocenters. The van der Waals surface area contributed by atoms with Gasteiger partial charge in [0.1, 0.15) is 29.7 Å². The molecule has 9 heteroatoms. The second-order valence-corrected chi connectivity index (χ2v) is 9.16. The number of hydrogen-bond acceptors (Lipinski definition) is 6. The topological polar surface area (TPSA) is 87.9 Å². The van der Waals surface area contributed by atoms with Crippen molar-refractivity contribution in [1.82, 2.24) is 4.90 Å². The zero-order valence-corrected chi connectivity index (χ0v) is 19.6. The van der Waals surface area contributed by atoms with Crippen molar-refractivity contribution in [3.05, 3.63) is 98.6 Å². The second kappa shape index (κ2) is 9.67. The minimum atomic E-state index is -0.653. The molecule has 36 heavy (non-hydrogen) atoms. The number of anilines is 1. The lowest BCUT2D eigenvalue weighted by Gasteiger charge is -2.34. The van der Waals surface area contributed by atoms with E-state index in [2.05, 4.69) is 5.32 Å². The van der Waals surface area contributed by atoms with Gasteiger partial charge in [-0.25, -0.2) is 8.78 Å². The molecule has 2 atom stereocenters. The highest BCUT2D eigenvalue weighted by molar-refractivity contribution is 5.95. The van der Waals surface area contributed by atoms with E-state index in [4.69, 9.17) is 4.74 Å². The van der Waals surface area contributed by atoms with Crippen LogP contribution in [0.1, 0.15) is 28.7 Å². The van der Waals surface area contributed by atoms with Gasteiger partial charge in [0, 0.05) is 29.8 Å². The Hall–Kier alpha value is -3.82. The maximum absolute atomic E-state index is 14.7. The van der Waals surface area contributed by atoms with E-state index in [0.717, 1.165) is 6.54 Å². The summed E-state index contributed by atoms with van der Waals surface area (Å²) >= 11 is 0. The molecule has 2 aliphatic heterocycles. The average molecular weight is 494 g/mol. The number of rotatable bonds is 4. The zero-order valence-electron chi connectivity index (χ0n) is 19.6. The number of halogens is 2. The molecule has 0 bridgehead atoms. The summed E-state index contributed by atoms with van der Waals surface area (Å²) in [6.07, 6.45) is 1.71. The molecule has 2 N–H and O–H groups in total. The lowest BCUT2D eigenvalue weighted by Crippen LogP contribution is -2.48. The fourth-order valence-corrected chi connectivity index (χ4v) is 4.78. The number of nitrogens with one attached hydrogen (secondary N) is 1. The van der Waals surface area contributed by atoms with Gasteiger partial charge < -0.3 is 20.1 Å². The largest absolute Gasteiger partial charge is 0.488 e. The van der Waals surface area contributed by atoms with Crippen molar-refractivity contribution in [3.8, 4) is 5.75 Å². The monoisotopic (exact) mass is 493 g/mol. The van der Waals surface area contributed by atoms with Gasteiger partial charge in [0.2, 0.25) is 0 Å². The molecule has 0 radical (unpaired) electrons. The molecule has 5 rings (SSSR count). The van der Waals surface area contributed by atoms with Crippen molar-refractivity contribution < 1.29 is 23.5 Å². The van der Waals surface area contributed by atoms with Crippen molar-refractivity contribution in [2.24, 2.45) is 0 Å². The van der Waals surface area contributed by atoms with Gasteiger partial charge in [0.05, 0.1) is 17.1 Å². The first-order valence-electron chi connectivity index (χ1n) is 11.6. The van der Waals surface area contributed by atoms with E-state index in [1.165, 1.54) is 24.3 Å². The molecule has 3 aromatic carbocycles. The number of ether oxygens (including phenoxy) is 1. The summed E-state index contributed by atoms with van der Waals surface area (Å²) in [5, 5.41) is 25.5. The van der Waals surface area contributed by atoms with E-state index in [0.29, 0.717) is 46.5 Å². The second-order valence-electron chi connectivity index (χ2n) is 9.16. The summed E-state index contributed by atoms with van der Waals surface area (Å²) in [6, 6.07) is 13.2. The third kappa shape index (κ3) is 4.67. The van der Waals surface area contributed by atoms with Gasteiger partial charge in [-0.2, -0.15) is 0 Å². The van der Waals surface area contributed by atoms with Gasteiger partial charge in [-0.15, -0.1) is 0 Å². The molecule has 0 aromatic heterocycles. The fraction of sp³-hybridized carbons (Fsp3) is 0.259. The Morgan fingerprint density at radius 1 is 1.17 bits per heavy atom.